The molecule has 115 heavy (non-hydrogen) atoms. The van der Waals surface area contributed by atoms with Crippen LogP contribution in [0.25, 0.3) is 0 Å². The molecule has 0 aromatic heterocycles. The minimum atomic E-state index is -1.68. The number of hydrogen-bond donors (Lipinski definition) is 0. The molecule has 1 nitrogen and oxygen atoms in total. The lowest BCUT2D eigenvalue weighted by Crippen LogP contribution is -2.49. The van der Waals surface area contributed by atoms with Crippen molar-refractivity contribution in [2.45, 2.75) is 32.9 Å². The van der Waals surface area contributed by atoms with E-state index in [4.69, 9.17) is 0 Å². The molecule has 0 N–H and O–H groups in total. The van der Waals surface area contributed by atoms with Crippen LogP contribution in [-0.4, -0.2) is 0 Å². The number of ether oxygens (including phenoxy) is 1. The maximum atomic E-state index is 10.2. The Morgan fingerprint density at radius 3 is 0.374 bits per heavy atom. The molecular weight excluding hydrogens is 1390 g/mol. The highest BCUT2D eigenvalue weighted by Gasteiger charge is 2.58. The molecule has 0 radical (unpaired) electrons. The molecule has 0 aliphatic rings. The van der Waals surface area contributed by atoms with Crippen LogP contribution in [0.2, 0.25) is 0 Å². The van der Waals surface area contributed by atoms with E-state index in [-0.39, 0.29) is 0 Å². The number of hydrogen-bond acceptors (Lipinski definition) is 1. The first kappa shape index (κ1) is 72.5. The molecule has 0 atom stereocenters. The first-order chi connectivity index (χ1) is 57.1. The second kappa shape index (κ2) is 32.0. The highest BCUT2D eigenvalue weighted by atomic mass is 16.5. The van der Waals surface area contributed by atoms with Gasteiger partial charge in [-0.05, 0) is 122 Å². The Hall–Kier alpha value is -14.1. The summed E-state index contributed by atoms with van der Waals surface area (Å²) in [5.74, 6) is 0. The van der Waals surface area contributed by atoms with E-state index >= 15 is 0 Å². The molecule has 0 unspecified atom stereocenters. The van der Waals surface area contributed by atoms with Crippen LogP contribution in [0.3, 0.4) is 0 Å². The fourth-order valence-electron chi connectivity index (χ4n) is 19.4. The van der Waals surface area contributed by atoms with Crippen molar-refractivity contribution >= 4 is 0 Å². The molecule has 0 aliphatic carbocycles. The second-order valence-electron chi connectivity index (χ2n) is 29.8. The fourth-order valence-corrected chi connectivity index (χ4v) is 19.4. The molecule has 18 rings (SSSR count). The van der Waals surface area contributed by atoms with Crippen LogP contribution in [0.1, 0.15) is 122 Å². The lowest BCUT2D eigenvalue weighted by Gasteiger charge is -2.52. The van der Waals surface area contributed by atoms with Crippen LogP contribution < -0.4 is 0 Å². The van der Waals surface area contributed by atoms with Crippen molar-refractivity contribution in [3.8, 4) is 0 Å². The highest BCUT2D eigenvalue weighted by Crippen LogP contribution is 2.63. The third-order valence-electron chi connectivity index (χ3n) is 24.0. The molecule has 0 saturated heterocycles. The smallest absolute Gasteiger partial charge is 0.146 e. The molecule has 18 aromatic carbocycles. The van der Waals surface area contributed by atoms with Gasteiger partial charge in [0.25, 0.3) is 0 Å². The maximum Gasteiger partial charge on any atom is 0.146 e. The lowest BCUT2D eigenvalue weighted by molar-refractivity contribution is -0.0822. The van der Waals surface area contributed by atoms with Gasteiger partial charge in [0.15, 0.2) is 0 Å². The Balaban J connectivity index is 1.14. The van der Waals surface area contributed by atoms with Crippen molar-refractivity contribution in [3.05, 3.63) is 644 Å². The summed E-state index contributed by atoms with van der Waals surface area (Å²) < 4.78 is 10.2. The van der Waals surface area contributed by atoms with Crippen molar-refractivity contribution in [1.82, 2.24) is 0 Å². The molecule has 1 heteroatoms. The van der Waals surface area contributed by atoms with Crippen LogP contribution in [0.5, 0.6) is 0 Å². The standard InChI is InChI=1S/C114H86O/c1-17-51-87(52-18-1)109(88-53-19-2-20-54-88,89-55-21-3-22-56-89)103-83-49-85-105(107(103)111(93-63-29-7-30-64-93,94-65-31-8-32-66-94)95-67-33-9-34-68-95)113(99-75-41-13-42-76-99,100-77-43-14-44-78-100)115-114(101-79-45-15-46-80-101,102-81-47-16-48-82-102)106-86-50-84-104(110(90-57-23-4-24-58-90,91-59-25-5-26-60-91)92-61-27-6-28-62-92)108(106)112(96-69-35-10-36-70-96,97-71-37-11-38-72-97)98-73-39-12-40-74-98/h1-86H. The van der Waals surface area contributed by atoms with Gasteiger partial charge in [0.1, 0.15) is 11.2 Å². The summed E-state index contributed by atoms with van der Waals surface area (Å²) in [4.78, 5) is 0. The Morgan fingerprint density at radius 2 is 0.226 bits per heavy atom. The van der Waals surface area contributed by atoms with Crippen molar-refractivity contribution in [1.29, 1.82) is 0 Å². The van der Waals surface area contributed by atoms with E-state index in [0.717, 1.165) is 122 Å². The zero-order valence-electron chi connectivity index (χ0n) is 64.1. The first-order valence-electron chi connectivity index (χ1n) is 40.0. The quantitative estimate of drug-likeness (QED) is 0.0548. The molecule has 0 amide bonds. The molecule has 0 bridgehead atoms. The minimum absolute atomic E-state index is 0.911. The summed E-state index contributed by atoms with van der Waals surface area (Å²) in [6.45, 7) is 0. The molecule has 18 aromatic rings. The summed E-state index contributed by atoms with van der Waals surface area (Å²) in [6, 6.07) is 195. The molecule has 0 fully saturated rings. The summed E-state index contributed by atoms with van der Waals surface area (Å²) in [5, 5.41) is 0. The van der Waals surface area contributed by atoms with Crippen LogP contribution in [0.4, 0.5) is 0 Å². The van der Waals surface area contributed by atoms with Gasteiger partial charge in [-0.2, -0.15) is 0 Å². The lowest BCUT2D eigenvalue weighted by atomic mass is 9.54. The van der Waals surface area contributed by atoms with Crippen LogP contribution >= 0.6 is 0 Å². The van der Waals surface area contributed by atoms with E-state index in [9.17, 15) is 4.74 Å². The molecular formula is C114H86O. The van der Waals surface area contributed by atoms with Gasteiger partial charge in [0.05, 0.1) is 21.7 Å². The molecule has 0 heterocycles. The Morgan fingerprint density at radius 1 is 0.104 bits per heavy atom. The largest absolute Gasteiger partial charge is 0.340 e. The van der Waals surface area contributed by atoms with E-state index in [0.29, 0.717) is 0 Å². The molecule has 548 valence electrons. The van der Waals surface area contributed by atoms with Gasteiger partial charge in [-0.25, -0.2) is 0 Å². The van der Waals surface area contributed by atoms with E-state index in [1.807, 2.05) is 0 Å². The topological polar surface area (TPSA) is 9.23 Å². The zero-order valence-corrected chi connectivity index (χ0v) is 64.1. The van der Waals surface area contributed by atoms with Crippen molar-refractivity contribution < 1.29 is 4.74 Å². The number of rotatable bonds is 24. The third kappa shape index (κ3) is 12.2. The van der Waals surface area contributed by atoms with Crippen molar-refractivity contribution in [2.75, 3.05) is 0 Å². The Labute approximate surface area is 677 Å². The number of benzene rings is 18. The third-order valence-corrected chi connectivity index (χ3v) is 24.0. The van der Waals surface area contributed by atoms with Crippen LogP contribution in [0, 0.1) is 0 Å². The maximum absolute atomic E-state index is 10.2. The van der Waals surface area contributed by atoms with E-state index in [1.54, 1.807) is 0 Å². The van der Waals surface area contributed by atoms with Crippen molar-refractivity contribution in [2.24, 2.45) is 0 Å². The van der Waals surface area contributed by atoms with Crippen molar-refractivity contribution in [3.63, 3.8) is 0 Å². The Bertz CT molecular complexity index is 5290. The van der Waals surface area contributed by atoms with E-state index in [2.05, 4.69) is 522 Å². The summed E-state index contributed by atoms with van der Waals surface area (Å²) in [5.41, 5.74) is 14.9. The normalized spacial score (nSPS) is 12.0. The zero-order chi connectivity index (χ0) is 77.2. The van der Waals surface area contributed by atoms with Gasteiger partial charge < -0.3 is 4.74 Å². The molecule has 0 saturated carbocycles. The SMILES string of the molecule is c1ccc(C(OC(c2ccccc2)(c2ccccc2)c2cccc(C(c3ccccc3)(c3ccccc3)c3ccccc3)c2C(c2ccccc2)(c2ccccc2)c2ccccc2)(c2ccccc2)c2cccc(C(c3ccccc3)(c3ccccc3)c3ccccc3)c2C(c2ccccc2)(c2ccccc2)c2ccccc2)cc1. The average Bonchev–Trinajstić information content (AvgIpc) is 0.681. The average molecular weight is 1470 g/mol. The van der Waals surface area contributed by atoms with Gasteiger partial charge in [-0.15, -0.1) is 0 Å². The summed E-state index contributed by atoms with van der Waals surface area (Å²) in [6.07, 6.45) is 0. The first-order valence-corrected chi connectivity index (χ1v) is 40.0. The predicted octanol–water partition coefficient (Wildman–Crippen LogP) is 26.5. The monoisotopic (exact) mass is 1470 g/mol. The van der Waals surface area contributed by atoms with Gasteiger partial charge >= 0.3 is 0 Å². The van der Waals surface area contributed by atoms with Gasteiger partial charge in [-0.1, -0.05) is 522 Å². The van der Waals surface area contributed by atoms with Crippen LogP contribution in [0.15, 0.2) is 522 Å². The molecule has 0 spiro atoms. The second-order valence-corrected chi connectivity index (χ2v) is 29.8. The Kier molecular flexibility index (Phi) is 20.1. The van der Waals surface area contributed by atoms with Gasteiger partial charge in [-0.3, -0.25) is 0 Å². The minimum Gasteiger partial charge on any atom is -0.340 e. The van der Waals surface area contributed by atoms with Gasteiger partial charge in [0.2, 0.25) is 0 Å². The fraction of sp³-hybridized carbons (Fsp3) is 0.0526. The van der Waals surface area contributed by atoms with Crippen LogP contribution in [-0.2, 0) is 37.6 Å². The van der Waals surface area contributed by atoms with E-state index in [1.165, 1.54) is 0 Å². The summed E-state index contributed by atoms with van der Waals surface area (Å²) in [7, 11) is 0. The van der Waals surface area contributed by atoms with Gasteiger partial charge in [0, 0.05) is 0 Å². The van der Waals surface area contributed by atoms with E-state index < -0.39 is 32.9 Å². The highest BCUT2D eigenvalue weighted by molar-refractivity contribution is 5.76. The summed E-state index contributed by atoms with van der Waals surface area (Å²) >= 11 is 0. The predicted molar refractivity (Wildman–Crippen MR) is 473 cm³/mol. The molecule has 0 aliphatic heterocycles.